The molecule has 2 nitrogen and oxygen atoms in total. The third-order valence-electron chi connectivity index (χ3n) is 3.06. The zero-order valence-corrected chi connectivity index (χ0v) is 8.97. The summed E-state index contributed by atoms with van der Waals surface area (Å²) in [6, 6.07) is 7.53. The highest BCUT2D eigenvalue weighted by molar-refractivity contribution is 6.23. The fourth-order valence-electron chi connectivity index (χ4n) is 2.24. The zero-order chi connectivity index (χ0) is 11.1. The van der Waals surface area contributed by atoms with E-state index in [-0.39, 0.29) is 11.7 Å². The van der Waals surface area contributed by atoms with Gasteiger partial charge in [-0.25, -0.2) is 0 Å². The van der Waals surface area contributed by atoms with Gasteiger partial charge in [-0.05, 0) is 25.1 Å². The van der Waals surface area contributed by atoms with E-state index in [0.29, 0.717) is 0 Å². The van der Waals surface area contributed by atoms with Crippen LogP contribution in [0.5, 0.6) is 0 Å². The van der Waals surface area contributed by atoms with Crippen LogP contribution in [0, 0.1) is 5.92 Å². The maximum atomic E-state index is 12.3. The number of benzene rings is 1. The van der Waals surface area contributed by atoms with Gasteiger partial charge in [-0.15, -0.1) is 0 Å². The van der Waals surface area contributed by atoms with Crippen molar-refractivity contribution in [3.8, 4) is 0 Å². The van der Waals surface area contributed by atoms with Crippen molar-refractivity contribution in [3.05, 3.63) is 53.6 Å². The number of para-hydroxylation sites is 1. The van der Waals surface area contributed by atoms with Gasteiger partial charge in [-0.1, -0.05) is 29.9 Å². The number of ketones is 1. The van der Waals surface area contributed by atoms with Gasteiger partial charge in [0.1, 0.15) is 0 Å². The first-order valence-electron chi connectivity index (χ1n) is 5.34. The van der Waals surface area contributed by atoms with Crippen LogP contribution in [0.25, 0.3) is 0 Å². The minimum Gasteiger partial charge on any atom is -0.293 e. The first kappa shape index (κ1) is 9.28. The standard InChI is InChI=1S/C14H11NO/c1-9-5-4-8-12-13(9)14(16)10-6-2-3-7-11(10)15-12/h2-8,13H,1H3. The van der Waals surface area contributed by atoms with Gasteiger partial charge in [0.05, 0.1) is 17.3 Å². The lowest BCUT2D eigenvalue weighted by Gasteiger charge is -2.24. The summed E-state index contributed by atoms with van der Waals surface area (Å²) in [6.07, 6.45) is 5.85. The highest BCUT2D eigenvalue weighted by Crippen LogP contribution is 2.33. The molecule has 0 amide bonds. The van der Waals surface area contributed by atoms with Crippen molar-refractivity contribution in [1.82, 2.24) is 0 Å². The van der Waals surface area contributed by atoms with E-state index < -0.39 is 0 Å². The molecule has 0 saturated carbocycles. The highest BCUT2D eigenvalue weighted by Gasteiger charge is 2.31. The van der Waals surface area contributed by atoms with Crippen LogP contribution in [-0.2, 0) is 0 Å². The monoisotopic (exact) mass is 209 g/mol. The predicted molar refractivity (Wildman–Crippen MR) is 64.3 cm³/mol. The molecular formula is C14H11NO. The molecule has 1 aliphatic carbocycles. The van der Waals surface area contributed by atoms with Crippen molar-refractivity contribution >= 4 is 17.2 Å². The Kier molecular flexibility index (Phi) is 1.90. The largest absolute Gasteiger partial charge is 0.293 e. The summed E-state index contributed by atoms with van der Waals surface area (Å²) in [5.41, 5.74) is 3.46. The fourth-order valence-corrected chi connectivity index (χ4v) is 2.24. The number of rotatable bonds is 0. The first-order chi connectivity index (χ1) is 7.77. The molecule has 0 N–H and O–H groups in total. The smallest absolute Gasteiger partial charge is 0.178 e. The average Bonchev–Trinajstić information content (AvgIpc) is 2.29. The number of hydrogen-bond acceptors (Lipinski definition) is 2. The summed E-state index contributed by atoms with van der Waals surface area (Å²) in [6.45, 7) is 1.98. The summed E-state index contributed by atoms with van der Waals surface area (Å²) in [7, 11) is 0. The molecule has 3 rings (SSSR count). The Morgan fingerprint density at radius 2 is 2.06 bits per heavy atom. The Bertz CT molecular complexity index is 564. The van der Waals surface area contributed by atoms with E-state index in [1.807, 2.05) is 49.4 Å². The van der Waals surface area contributed by atoms with Crippen LogP contribution in [-0.4, -0.2) is 11.5 Å². The Morgan fingerprint density at radius 1 is 1.25 bits per heavy atom. The molecule has 16 heavy (non-hydrogen) atoms. The summed E-state index contributed by atoms with van der Waals surface area (Å²) in [5, 5.41) is 0. The average molecular weight is 209 g/mol. The Hall–Kier alpha value is -1.96. The molecule has 1 aromatic rings. The maximum Gasteiger partial charge on any atom is 0.178 e. The van der Waals surface area contributed by atoms with Gasteiger partial charge in [0.2, 0.25) is 0 Å². The van der Waals surface area contributed by atoms with E-state index in [0.717, 1.165) is 22.5 Å². The van der Waals surface area contributed by atoms with E-state index in [2.05, 4.69) is 4.99 Å². The van der Waals surface area contributed by atoms with E-state index in [1.54, 1.807) is 0 Å². The molecule has 1 heterocycles. The van der Waals surface area contributed by atoms with Gasteiger partial charge in [0, 0.05) is 5.56 Å². The number of aliphatic imine (C=N–C) groups is 1. The minimum atomic E-state index is -0.167. The van der Waals surface area contributed by atoms with E-state index >= 15 is 0 Å². The molecule has 0 aromatic heterocycles. The van der Waals surface area contributed by atoms with E-state index in [1.165, 1.54) is 0 Å². The van der Waals surface area contributed by atoms with Crippen LogP contribution in [0.1, 0.15) is 17.3 Å². The molecule has 0 fully saturated rings. The van der Waals surface area contributed by atoms with Crippen LogP contribution in [0.4, 0.5) is 5.69 Å². The van der Waals surface area contributed by atoms with Gasteiger partial charge >= 0.3 is 0 Å². The molecule has 1 atom stereocenters. The number of nitrogens with zero attached hydrogens (tertiary/aromatic N) is 1. The van der Waals surface area contributed by atoms with Crippen molar-refractivity contribution in [1.29, 1.82) is 0 Å². The number of hydrogen-bond donors (Lipinski definition) is 0. The highest BCUT2D eigenvalue weighted by atomic mass is 16.1. The molecule has 2 aliphatic rings. The van der Waals surface area contributed by atoms with Crippen molar-refractivity contribution in [2.24, 2.45) is 10.9 Å². The van der Waals surface area contributed by atoms with Crippen LogP contribution in [0.2, 0.25) is 0 Å². The van der Waals surface area contributed by atoms with Crippen molar-refractivity contribution in [3.63, 3.8) is 0 Å². The summed E-state index contributed by atoms with van der Waals surface area (Å²) in [5.74, 6) is -0.00130. The number of allylic oxidation sites excluding steroid dienone is 4. The second-order valence-electron chi connectivity index (χ2n) is 4.12. The quantitative estimate of drug-likeness (QED) is 0.645. The second kappa shape index (κ2) is 3.27. The van der Waals surface area contributed by atoms with Gasteiger partial charge < -0.3 is 0 Å². The molecule has 1 aliphatic heterocycles. The van der Waals surface area contributed by atoms with Crippen LogP contribution in [0.15, 0.2) is 53.1 Å². The molecular weight excluding hydrogens is 198 g/mol. The van der Waals surface area contributed by atoms with Gasteiger partial charge in [0.25, 0.3) is 0 Å². The zero-order valence-electron chi connectivity index (χ0n) is 8.97. The Morgan fingerprint density at radius 3 is 2.94 bits per heavy atom. The van der Waals surface area contributed by atoms with Crippen LogP contribution >= 0.6 is 0 Å². The molecule has 1 aromatic carbocycles. The Labute approximate surface area is 94.0 Å². The molecule has 0 saturated heterocycles. The topological polar surface area (TPSA) is 29.4 Å². The fraction of sp³-hybridized carbons (Fsp3) is 0.143. The third kappa shape index (κ3) is 1.20. The number of Topliss-reactive ketones (excluding diaryl/α,β-unsaturated/α-hetero) is 1. The number of fused-ring (bicyclic) bond motifs is 2. The lowest BCUT2D eigenvalue weighted by atomic mass is 9.82. The van der Waals surface area contributed by atoms with Crippen molar-refractivity contribution in [2.75, 3.05) is 0 Å². The van der Waals surface area contributed by atoms with Gasteiger partial charge in [-0.3, -0.25) is 9.79 Å². The normalized spacial score (nSPS) is 22.1. The molecule has 0 spiro atoms. The first-order valence-corrected chi connectivity index (χ1v) is 5.34. The molecule has 0 radical (unpaired) electrons. The Balaban J connectivity index is 2.23. The number of carbonyl (C=O) groups excluding carboxylic acids is 1. The molecule has 78 valence electrons. The SMILES string of the molecule is CC1=CC=CC2=Nc3ccccc3C(=O)C12. The molecule has 1 unspecified atom stereocenters. The molecule has 0 bridgehead atoms. The maximum absolute atomic E-state index is 12.3. The van der Waals surface area contributed by atoms with E-state index in [9.17, 15) is 4.79 Å². The molecule has 2 heteroatoms. The van der Waals surface area contributed by atoms with Crippen molar-refractivity contribution < 1.29 is 4.79 Å². The summed E-state index contributed by atoms with van der Waals surface area (Å²) >= 11 is 0. The number of carbonyl (C=O) groups is 1. The van der Waals surface area contributed by atoms with Crippen LogP contribution in [0.3, 0.4) is 0 Å². The third-order valence-corrected chi connectivity index (χ3v) is 3.06. The minimum absolute atomic E-state index is 0.165. The summed E-state index contributed by atoms with van der Waals surface area (Å²) in [4.78, 5) is 16.8. The van der Waals surface area contributed by atoms with Gasteiger partial charge in [0.15, 0.2) is 5.78 Å². The predicted octanol–water partition coefficient (Wildman–Crippen LogP) is 3.09. The van der Waals surface area contributed by atoms with Crippen molar-refractivity contribution in [2.45, 2.75) is 6.92 Å². The van der Waals surface area contributed by atoms with Crippen LogP contribution < -0.4 is 0 Å². The lowest BCUT2D eigenvalue weighted by molar-refractivity contribution is 0.0967. The second-order valence-corrected chi connectivity index (χ2v) is 4.12. The van der Waals surface area contributed by atoms with E-state index in [4.69, 9.17) is 0 Å². The van der Waals surface area contributed by atoms with Gasteiger partial charge in [-0.2, -0.15) is 0 Å². The lowest BCUT2D eigenvalue weighted by Crippen LogP contribution is -2.28. The summed E-state index contributed by atoms with van der Waals surface area (Å²) < 4.78 is 0.